The molecule has 0 bridgehead atoms. The fraction of sp³-hybridized carbons (Fsp3) is 0.143. The Morgan fingerprint density at radius 2 is 1.81 bits per heavy atom. The number of hydrogen-bond acceptors (Lipinski definition) is 6. The van der Waals surface area contributed by atoms with Crippen molar-refractivity contribution in [3.63, 3.8) is 0 Å². The van der Waals surface area contributed by atoms with E-state index in [9.17, 15) is 22.8 Å². The van der Waals surface area contributed by atoms with Gasteiger partial charge in [0.05, 0.1) is 11.1 Å². The van der Waals surface area contributed by atoms with Crippen LogP contribution in [0.5, 0.6) is 0 Å². The minimum atomic E-state index is -4.52. The number of aromatic nitrogens is 2. The summed E-state index contributed by atoms with van der Waals surface area (Å²) >= 11 is 1.24. The molecule has 0 spiro atoms. The maximum absolute atomic E-state index is 12.9. The number of anilines is 2. The first-order chi connectivity index (χ1) is 15.3. The molecule has 3 rings (SSSR count). The van der Waals surface area contributed by atoms with Crippen molar-refractivity contribution in [1.82, 2.24) is 9.97 Å². The van der Waals surface area contributed by atoms with Gasteiger partial charge in [-0.1, -0.05) is 6.07 Å². The monoisotopic (exact) mass is 462 g/mol. The van der Waals surface area contributed by atoms with E-state index in [0.29, 0.717) is 10.8 Å². The number of alkyl halides is 3. The number of pyridine rings is 2. The molecular weight excluding hydrogens is 445 g/mol. The van der Waals surface area contributed by atoms with Crippen molar-refractivity contribution in [3.05, 3.63) is 77.6 Å². The molecule has 0 aliphatic carbocycles. The third kappa shape index (κ3) is 6.28. The maximum Gasteiger partial charge on any atom is 0.416 e. The molecule has 0 saturated heterocycles. The highest BCUT2D eigenvalue weighted by Gasteiger charge is 2.30. The number of aliphatic hydroxyl groups is 1. The summed E-state index contributed by atoms with van der Waals surface area (Å²) in [6, 6.07) is 10.8. The Labute approximate surface area is 185 Å². The van der Waals surface area contributed by atoms with E-state index in [-0.39, 0.29) is 17.1 Å². The molecule has 0 unspecified atom stereocenters. The van der Waals surface area contributed by atoms with Crippen LogP contribution in [0.1, 0.15) is 21.5 Å². The van der Waals surface area contributed by atoms with E-state index in [1.165, 1.54) is 42.4 Å². The first kappa shape index (κ1) is 23.2. The van der Waals surface area contributed by atoms with Crippen molar-refractivity contribution in [2.75, 3.05) is 17.2 Å². The van der Waals surface area contributed by atoms with Crippen LogP contribution in [-0.2, 0) is 16.7 Å². The molecule has 3 N–H and O–H groups in total. The highest BCUT2D eigenvalue weighted by molar-refractivity contribution is 7.98. The molecule has 11 heteroatoms. The van der Waals surface area contributed by atoms with Crippen molar-refractivity contribution in [1.29, 1.82) is 0 Å². The largest absolute Gasteiger partial charge is 0.416 e. The molecule has 166 valence electrons. The predicted octanol–water partition coefficient (Wildman–Crippen LogP) is 3.97. The predicted molar refractivity (Wildman–Crippen MR) is 113 cm³/mol. The second-order valence-electron chi connectivity index (χ2n) is 6.43. The van der Waals surface area contributed by atoms with E-state index >= 15 is 0 Å². The van der Waals surface area contributed by atoms with Crippen LogP contribution in [0.25, 0.3) is 0 Å². The number of carbonyl (C=O) groups is 2. The van der Waals surface area contributed by atoms with Gasteiger partial charge >= 0.3 is 6.18 Å². The van der Waals surface area contributed by atoms with E-state index in [1.54, 1.807) is 18.2 Å². The number of amides is 2. The number of nitrogens with one attached hydrogen (secondary N) is 2. The topological polar surface area (TPSA) is 104 Å². The van der Waals surface area contributed by atoms with Crippen LogP contribution in [0.4, 0.5) is 24.7 Å². The maximum atomic E-state index is 12.9. The van der Waals surface area contributed by atoms with Crippen molar-refractivity contribution in [3.8, 4) is 0 Å². The van der Waals surface area contributed by atoms with E-state index in [4.69, 9.17) is 5.11 Å². The van der Waals surface area contributed by atoms with Gasteiger partial charge in [-0.2, -0.15) is 13.2 Å². The molecule has 7 nitrogen and oxygen atoms in total. The van der Waals surface area contributed by atoms with Crippen molar-refractivity contribution in [2.45, 2.75) is 17.0 Å². The highest BCUT2D eigenvalue weighted by atomic mass is 32.2. The molecule has 2 amide bonds. The van der Waals surface area contributed by atoms with Crippen molar-refractivity contribution < 1.29 is 27.9 Å². The Morgan fingerprint density at radius 1 is 1.00 bits per heavy atom. The number of rotatable bonds is 7. The third-order valence-electron chi connectivity index (χ3n) is 4.07. The molecule has 2 heterocycles. The van der Waals surface area contributed by atoms with Gasteiger partial charge in [-0.3, -0.25) is 9.59 Å². The van der Waals surface area contributed by atoms with Crippen LogP contribution in [0.15, 0.2) is 66.0 Å². The lowest BCUT2D eigenvalue weighted by Crippen LogP contribution is -2.16. The molecule has 0 aliphatic heterocycles. The zero-order chi connectivity index (χ0) is 23.1. The molecule has 0 saturated carbocycles. The molecule has 1 aromatic carbocycles. The molecule has 0 atom stereocenters. The van der Waals surface area contributed by atoms with Gasteiger partial charge in [-0.05, 0) is 48.0 Å². The Hall–Kier alpha value is -3.44. The number of benzene rings is 1. The Morgan fingerprint density at radius 3 is 2.56 bits per heavy atom. The number of halogens is 3. The zero-order valence-electron chi connectivity index (χ0n) is 16.4. The second-order valence-corrected chi connectivity index (χ2v) is 7.40. The molecule has 2 aromatic heterocycles. The fourth-order valence-electron chi connectivity index (χ4n) is 2.62. The van der Waals surface area contributed by atoms with Crippen LogP contribution < -0.4 is 10.6 Å². The number of thioether (sulfide) groups is 1. The van der Waals surface area contributed by atoms with Crippen molar-refractivity contribution in [2.24, 2.45) is 0 Å². The zero-order valence-corrected chi connectivity index (χ0v) is 17.2. The molecule has 0 radical (unpaired) electrons. The lowest BCUT2D eigenvalue weighted by Gasteiger charge is -2.11. The lowest BCUT2D eigenvalue weighted by molar-refractivity contribution is -0.137. The third-order valence-corrected chi connectivity index (χ3v) is 5.15. The fourth-order valence-corrected chi connectivity index (χ4v) is 3.55. The van der Waals surface area contributed by atoms with Gasteiger partial charge in [-0.25, -0.2) is 9.97 Å². The highest BCUT2D eigenvalue weighted by Crippen LogP contribution is 2.31. The standard InChI is InChI=1S/C21H17F3N4O3S/c22-21(23,24)14-3-1-4-15(10-14)27-19(31)16-5-2-7-26-20(16)32-12-13-6-8-25-17(9-13)28-18(30)11-29/h1-10,29H,11-12H2,(H,27,31)(H,25,28,30). The Kier molecular flexibility index (Phi) is 7.44. The minimum Gasteiger partial charge on any atom is -0.387 e. The smallest absolute Gasteiger partial charge is 0.387 e. The molecule has 32 heavy (non-hydrogen) atoms. The summed E-state index contributed by atoms with van der Waals surface area (Å²) in [5, 5.41) is 14.1. The van der Waals surface area contributed by atoms with E-state index in [1.807, 2.05) is 0 Å². The second kappa shape index (κ2) is 10.2. The van der Waals surface area contributed by atoms with Gasteiger partial charge in [0.2, 0.25) is 0 Å². The number of carbonyl (C=O) groups excluding carboxylic acids is 2. The minimum absolute atomic E-state index is 0.0167. The molecule has 3 aromatic rings. The van der Waals surface area contributed by atoms with E-state index in [0.717, 1.165) is 17.7 Å². The quantitative estimate of drug-likeness (QED) is 0.459. The summed E-state index contributed by atoms with van der Waals surface area (Å²) < 4.78 is 38.7. The van der Waals surface area contributed by atoms with E-state index < -0.39 is 30.2 Å². The number of hydrogen-bond donors (Lipinski definition) is 3. The number of nitrogens with zero attached hydrogens (tertiary/aromatic N) is 2. The Balaban J connectivity index is 1.72. The molecular formula is C21H17F3N4O3S. The van der Waals surface area contributed by atoms with Gasteiger partial charge < -0.3 is 15.7 Å². The van der Waals surface area contributed by atoms with E-state index in [2.05, 4.69) is 20.6 Å². The van der Waals surface area contributed by atoms with Crippen molar-refractivity contribution >= 4 is 35.1 Å². The number of aliphatic hydroxyl groups excluding tert-OH is 1. The summed E-state index contributed by atoms with van der Waals surface area (Å²) in [6.45, 7) is -0.668. The SMILES string of the molecule is O=C(CO)Nc1cc(CSc2ncccc2C(=O)Nc2cccc(C(F)(F)F)c2)ccn1. The Bertz CT molecular complexity index is 1130. The first-order valence-electron chi connectivity index (χ1n) is 9.18. The van der Waals surface area contributed by atoms with Gasteiger partial charge in [-0.15, -0.1) is 11.8 Å². The first-order valence-corrected chi connectivity index (χ1v) is 10.2. The lowest BCUT2D eigenvalue weighted by atomic mass is 10.2. The van der Waals surface area contributed by atoms with Crippen LogP contribution >= 0.6 is 11.8 Å². The summed E-state index contributed by atoms with van der Waals surface area (Å²) in [5.41, 5.74) is 0.131. The van der Waals surface area contributed by atoms with Crippen LogP contribution in [0.3, 0.4) is 0 Å². The van der Waals surface area contributed by atoms with Crippen LogP contribution in [0, 0.1) is 0 Å². The van der Waals surface area contributed by atoms with Gasteiger partial charge in [0.1, 0.15) is 17.5 Å². The normalized spacial score (nSPS) is 11.1. The van der Waals surface area contributed by atoms with Gasteiger partial charge in [0.15, 0.2) is 0 Å². The summed E-state index contributed by atoms with van der Waals surface area (Å²) in [6.07, 6.45) is -1.53. The van der Waals surface area contributed by atoms with Gasteiger partial charge in [0, 0.05) is 23.8 Å². The molecule has 0 fully saturated rings. The summed E-state index contributed by atoms with van der Waals surface area (Å²) in [7, 11) is 0. The summed E-state index contributed by atoms with van der Waals surface area (Å²) in [4.78, 5) is 32.2. The van der Waals surface area contributed by atoms with Crippen LogP contribution in [0.2, 0.25) is 0 Å². The average Bonchev–Trinajstić information content (AvgIpc) is 2.77. The van der Waals surface area contributed by atoms with Gasteiger partial charge in [0.25, 0.3) is 11.8 Å². The average molecular weight is 462 g/mol. The summed E-state index contributed by atoms with van der Waals surface area (Å²) in [5.74, 6) is -0.539. The molecule has 0 aliphatic rings. The van der Waals surface area contributed by atoms with Crippen LogP contribution in [-0.4, -0.2) is 33.5 Å².